The number of halogens is 1. The second kappa shape index (κ2) is 7.25. The summed E-state index contributed by atoms with van der Waals surface area (Å²) in [5, 5.41) is 0. The first kappa shape index (κ1) is 16.2. The predicted molar refractivity (Wildman–Crippen MR) is 89.0 cm³/mol. The lowest BCUT2D eigenvalue weighted by atomic mass is 10.1. The number of carbonyl (C=O) groups is 2. The Bertz CT molecular complexity index is 743. The van der Waals surface area contributed by atoms with Crippen LogP contribution in [0.25, 0.3) is 0 Å². The van der Waals surface area contributed by atoms with Crippen molar-refractivity contribution in [2.75, 3.05) is 24.6 Å². The fourth-order valence-electron chi connectivity index (χ4n) is 2.89. The van der Waals surface area contributed by atoms with Crippen molar-refractivity contribution in [1.82, 2.24) is 0 Å². The van der Waals surface area contributed by atoms with Crippen LogP contribution in [0.1, 0.15) is 32.7 Å². The van der Waals surface area contributed by atoms with Crippen LogP contribution >= 0.6 is 0 Å². The molecule has 2 aromatic carbocycles. The molecule has 0 radical (unpaired) electrons. The van der Waals surface area contributed by atoms with E-state index in [1.165, 1.54) is 29.8 Å². The van der Waals surface area contributed by atoms with E-state index in [0.29, 0.717) is 24.2 Å². The summed E-state index contributed by atoms with van der Waals surface area (Å²) in [4.78, 5) is 24.9. The summed E-state index contributed by atoms with van der Waals surface area (Å²) in [7, 11) is 0. The van der Waals surface area contributed by atoms with Gasteiger partial charge >= 0.3 is 5.97 Å². The van der Waals surface area contributed by atoms with Crippen LogP contribution in [0, 0.1) is 5.82 Å². The summed E-state index contributed by atoms with van der Waals surface area (Å²) in [6, 6.07) is 11.0. The largest absolute Gasteiger partial charge is 0.462 e. The van der Waals surface area contributed by atoms with Gasteiger partial charge in [0.05, 0.1) is 12.2 Å². The molecule has 0 fully saturated rings. The molecule has 0 spiro atoms. The second-order valence-corrected chi connectivity index (χ2v) is 5.74. The minimum absolute atomic E-state index is 0.314. The Morgan fingerprint density at radius 3 is 2.75 bits per heavy atom. The van der Waals surface area contributed by atoms with Gasteiger partial charge in [-0.2, -0.15) is 0 Å². The Hall–Kier alpha value is -2.69. The molecule has 0 atom stereocenters. The molecule has 0 N–H and O–H groups in total. The summed E-state index contributed by atoms with van der Waals surface area (Å²) < 4.78 is 18.0. The van der Waals surface area contributed by atoms with Crippen molar-refractivity contribution in [2.45, 2.75) is 12.8 Å². The van der Waals surface area contributed by atoms with Crippen LogP contribution in [0.3, 0.4) is 0 Å². The third-order valence-corrected chi connectivity index (χ3v) is 4.12. The molecule has 0 saturated carbocycles. The maximum Gasteiger partial charge on any atom is 0.338 e. The first-order chi connectivity index (χ1) is 11.7. The number of anilines is 1. The number of fused-ring (bicyclic) bond motifs is 1. The van der Waals surface area contributed by atoms with Gasteiger partial charge in [0.1, 0.15) is 12.1 Å². The molecule has 1 aliphatic heterocycles. The third-order valence-electron chi connectivity index (χ3n) is 4.12. The van der Waals surface area contributed by atoms with Crippen LogP contribution in [0.5, 0.6) is 0 Å². The number of benzene rings is 2. The van der Waals surface area contributed by atoms with Gasteiger partial charge in [0.15, 0.2) is 0 Å². The highest BCUT2D eigenvalue weighted by molar-refractivity contribution is 5.89. The number of hydrogen-bond acceptors (Lipinski definition) is 4. The van der Waals surface area contributed by atoms with E-state index in [4.69, 9.17) is 4.74 Å². The smallest absolute Gasteiger partial charge is 0.338 e. The molecule has 24 heavy (non-hydrogen) atoms. The maximum atomic E-state index is 12.8. The van der Waals surface area contributed by atoms with Crippen LogP contribution in [0.4, 0.5) is 10.1 Å². The van der Waals surface area contributed by atoms with Crippen molar-refractivity contribution >= 4 is 17.9 Å². The molecule has 2 aromatic rings. The number of carbonyl (C=O) groups excluding carboxylic acids is 2. The van der Waals surface area contributed by atoms with E-state index in [1.807, 2.05) is 18.2 Å². The van der Waals surface area contributed by atoms with Crippen LogP contribution in [-0.2, 0) is 11.2 Å². The quantitative estimate of drug-likeness (QED) is 0.464. The Labute approximate surface area is 139 Å². The highest BCUT2D eigenvalue weighted by Gasteiger charge is 2.18. The lowest BCUT2D eigenvalue weighted by molar-refractivity contribution is 0.0502. The second-order valence-electron chi connectivity index (χ2n) is 5.74. The molecular weight excluding hydrogens is 309 g/mol. The molecule has 0 amide bonds. The Balaban J connectivity index is 1.47. The highest BCUT2D eigenvalue weighted by atomic mass is 19.1. The van der Waals surface area contributed by atoms with Crippen molar-refractivity contribution in [3.8, 4) is 0 Å². The van der Waals surface area contributed by atoms with Gasteiger partial charge < -0.3 is 9.64 Å². The van der Waals surface area contributed by atoms with E-state index in [-0.39, 0.29) is 5.82 Å². The molecule has 1 heterocycles. The van der Waals surface area contributed by atoms with E-state index in [9.17, 15) is 14.0 Å². The molecule has 0 unspecified atom stereocenters. The summed E-state index contributed by atoms with van der Waals surface area (Å²) >= 11 is 0. The van der Waals surface area contributed by atoms with Gasteiger partial charge in [-0.15, -0.1) is 0 Å². The van der Waals surface area contributed by atoms with E-state index < -0.39 is 5.97 Å². The zero-order valence-electron chi connectivity index (χ0n) is 13.2. The molecule has 5 heteroatoms. The summed E-state index contributed by atoms with van der Waals surface area (Å²) in [5.41, 5.74) is 3.38. The molecule has 0 aliphatic carbocycles. The van der Waals surface area contributed by atoms with Crippen molar-refractivity contribution < 1.29 is 18.7 Å². The van der Waals surface area contributed by atoms with E-state index >= 15 is 0 Å². The number of ether oxygens (including phenoxy) is 1. The standard InChI is InChI=1S/C19H18FNO3/c20-17-5-3-15(4-6-17)19(23)24-11-1-9-21-10-8-16-12-14(13-22)2-7-18(16)21/h2-7,12-13H,1,8-11H2. The molecule has 3 rings (SSSR count). The van der Waals surface area contributed by atoms with E-state index in [2.05, 4.69) is 4.90 Å². The average Bonchev–Trinajstić information content (AvgIpc) is 3.01. The molecular formula is C19H18FNO3. The minimum Gasteiger partial charge on any atom is -0.462 e. The predicted octanol–water partition coefficient (Wildman–Crippen LogP) is 3.25. The Morgan fingerprint density at radius 2 is 2.00 bits per heavy atom. The highest BCUT2D eigenvalue weighted by Crippen LogP contribution is 2.28. The van der Waals surface area contributed by atoms with Gasteiger partial charge in [0.2, 0.25) is 0 Å². The fourth-order valence-corrected chi connectivity index (χ4v) is 2.89. The van der Waals surface area contributed by atoms with Crippen molar-refractivity contribution in [1.29, 1.82) is 0 Å². The summed E-state index contributed by atoms with van der Waals surface area (Å²) in [5.74, 6) is -0.815. The van der Waals surface area contributed by atoms with Crippen LogP contribution in [0.15, 0.2) is 42.5 Å². The SMILES string of the molecule is O=Cc1ccc2c(c1)CCN2CCCOC(=O)c1ccc(F)cc1. The van der Waals surface area contributed by atoms with Crippen LogP contribution in [0.2, 0.25) is 0 Å². The Kier molecular flexibility index (Phi) is 4.89. The monoisotopic (exact) mass is 327 g/mol. The zero-order valence-corrected chi connectivity index (χ0v) is 13.2. The van der Waals surface area contributed by atoms with Crippen LogP contribution in [-0.4, -0.2) is 32.0 Å². The molecule has 0 saturated heterocycles. The van der Waals surface area contributed by atoms with Crippen molar-refractivity contribution in [3.05, 3.63) is 65.0 Å². The topological polar surface area (TPSA) is 46.6 Å². The van der Waals surface area contributed by atoms with Crippen LogP contribution < -0.4 is 4.90 Å². The molecule has 0 aromatic heterocycles. The number of hydrogen-bond donors (Lipinski definition) is 0. The van der Waals surface area contributed by atoms with Gasteiger partial charge in [-0.3, -0.25) is 4.79 Å². The number of rotatable bonds is 6. The molecule has 1 aliphatic rings. The van der Waals surface area contributed by atoms with Gasteiger partial charge in [0, 0.05) is 24.3 Å². The van der Waals surface area contributed by atoms with Gasteiger partial charge in [-0.25, -0.2) is 9.18 Å². The van der Waals surface area contributed by atoms with Crippen molar-refractivity contribution in [2.24, 2.45) is 0 Å². The fraction of sp³-hybridized carbons (Fsp3) is 0.263. The summed E-state index contributed by atoms with van der Waals surface area (Å²) in [6.07, 6.45) is 2.49. The van der Waals surface area contributed by atoms with E-state index in [0.717, 1.165) is 31.5 Å². The van der Waals surface area contributed by atoms with Gasteiger partial charge in [-0.05, 0) is 60.9 Å². The first-order valence-electron chi connectivity index (χ1n) is 7.93. The van der Waals surface area contributed by atoms with Gasteiger partial charge in [0.25, 0.3) is 0 Å². The van der Waals surface area contributed by atoms with E-state index in [1.54, 1.807) is 0 Å². The molecule has 4 nitrogen and oxygen atoms in total. The molecule has 0 bridgehead atoms. The molecule has 124 valence electrons. The number of nitrogens with zero attached hydrogens (tertiary/aromatic N) is 1. The first-order valence-corrected chi connectivity index (χ1v) is 7.93. The third kappa shape index (κ3) is 3.62. The minimum atomic E-state index is -0.438. The zero-order chi connectivity index (χ0) is 16.9. The van der Waals surface area contributed by atoms with Crippen molar-refractivity contribution in [3.63, 3.8) is 0 Å². The average molecular weight is 327 g/mol. The van der Waals surface area contributed by atoms with Gasteiger partial charge in [-0.1, -0.05) is 0 Å². The summed E-state index contributed by atoms with van der Waals surface area (Å²) in [6.45, 7) is 2.00. The normalized spacial score (nSPS) is 12.8. The lowest BCUT2D eigenvalue weighted by Gasteiger charge is -2.19. The maximum absolute atomic E-state index is 12.8. The lowest BCUT2D eigenvalue weighted by Crippen LogP contribution is -2.23. The Morgan fingerprint density at radius 1 is 1.21 bits per heavy atom. The number of esters is 1. The number of aldehydes is 1.